The van der Waals surface area contributed by atoms with Gasteiger partial charge in [0.15, 0.2) is 0 Å². The van der Waals surface area contributed by atoms with E-state index in [0.717, 1.165) is 16.6 Å². The van der Waals surface area contributed by atoms with Crippen molar-refractivity contribution in [3.8, 4) is 0 Å². The van der Waals surface area contributed by atoms with Crippen LogP contribution in [0.5, 0.6) is 0 Å². The van der Waals surface area contributed by atoms with Crippen molar-refractivity contribution >= 4 is 10.9 Å². The first-order valence-electron chi connectivity index (χ1n) is 5.15. The standard InChI is InChI=1S/C13H14FN/c1-8(2)12-9(3)7-11(14)10-5-4-6-15-13(10)12/h4-8H,1-3H3. The zero-order valence-electron chi connectivity index (χ0n) is 9.21. The monoisotopic (exact) mass is 203 g/mol. The summed E-state index contributed by atoms with van der Waals surface area (Å²) in [5.41, 5.74) is 2.92. The van der Waals surface area contributed by atoms with E-state index in [4.69, 9.17) is 0 Å². The maximum Gasteiger partial charge on any atom is 0.132 e. The molecular weight excluding hydrogens is 189 g/mol. The molecule has 0 aliphatic carbocycles. The van der Waals surface area contributed by atoms with E-state index in [1.54, 1.807) is 24.4 Å². The van der Waals surface area contributed by atoms with Gasteiger partial charge in [0.05, 0.1) is 5.52 Å². The number of fused-ring (bicyclic) bond motifs is 1. The molecule has 1 aromatic heterocycles. The number of hydrogen-bond donors (Lipinski definition) is 0. The van der Waals surface area contributed by atoms with Gasteiger partial charge in [0, 0.05) is 11.6 Å². The fourth-order valence-corrected chi connectivity index (χ4v) is 2.07. The van der Waals surface area contributed by atoms with Crippen molar-refractivity contribution in [2.45, 2.75) is 26.7 Å². The predicted molar refractivity (Wildman–Crippen MR) is 60.5 cm³/mol. The molecule has 0 fully saturated rings. The van der Waals surface area contributed by atoms with Crippen LogP contribution in [0, 0.1) is 12.7 Å². The van der Waals surface area contributed by atoms with Gasteiger partial charge < -0.3 is 0 Å². The lowest BCUT2D eigenvalue weighted by atomic mass is 9.94. The molecule has 0 N–H and O–H groups in total. The second kappa shape index (κ2) is 3.61. The zero-order chi connectivity index (χ0) is 11.0. The number of aryl methyl sites for hydroxylation is 1. The second-order valence-corrected chi connectivity index (χ2v) is 4.14. The van der Waals surface area contributed by atoms with Crippen LogP contribution in [0.2, 0.25) is 0 Å². The quantitative estimate of drug-likeness (QED) is 0.686. The molecule has 0 saturated heterocycles. The summed E-state index contributed by atoms with van der Waals surface area (Å²) in [6.07, 6.45) is 1.72. The first-order chi connectivity index (χ1) is 7.11. The van der Waals surface area contributed by atoms with Crippen LogP contribution in [0.15, 0.2) is 24.4 Å². The molecule has 78 valence electrons. The minimum atomic E-state index is -0.181. The lowest BCUT2D eigenvalue weighted by molar-refractivity contribution is 0.637. The lowest BCUT2D eigenvalue weighted by Crippen LogP contribution is -1.97. The second-order valence-electron chi connectivity index (χ2n) is 4.14. The summed E-state index contributed by atoms with van der Waals surface area (Å²) in [6, 6.07) is 5.15. The number of pyridine rings is 1. The minimum absolute atomic E-state index is 0.181. The summed E-state index contributed by atoms with van der Waals surface area (Å²) >= 11 is 0. The Labute approximate surface area is 89.0 Å². The number of nitrogens with zero attached hydrogens (tertiary/aromatic N) is 1. The van der Waals surface area contributed by atoms with Gasteiger partial charge in [-0.25, -0.2) is 4.39 Å². The van der Waals surface area contributed by atoms with Crippen LogP contribution in [-0.2, 0) is 0 Å². The first-order valence-corrected chi connectivity index (χ1v) is 5.15. The Kier molecular flexibility index (Phi) is 2.43. The average molecular weight is 203 g/mol. The van der Waals surface area contributed by atoms with Crippen molar-refractivity contribution in [2.75, 3.05) is 0 Å². The smallest absolute Gasteiger partial charge is 0.132 e. The third-order valence-electron chi connectivity index (χ3n) is 2.67. The van der Waals surface area contributed by atoms with Gasteiger partial charge in [0.2, 0.25) is 0 Å². The van der Waals surface area contributed by atoms with Gasteiger partial charge in [-0.1, -0.05) is 13.8 Å². The number of benzene rings is 1. The Morgan fingerprint density at radius 1 is 1.33 bits per heavy atom. The van der Waals surface area contributed by atoms with Crippen LogP contribution in [0.3, 0.4) is 0 Å². The molecule has 1 nitrogen and oxygen atoms in total. The van der Waals surface area contributed by atoms with Gasteiger partial charge in [-0.05, 0) is 42.2 Å². The van der Waals surface area contributed by atoms with E-state index < -0.39 is 0 Å². The third-order valence-corrected chi connectivity index (χ3v) is 2.67. The van der Waals surface area contributed by atoms with Crippen LogP contribution in [0.1, 0.15) is 30.9 Å². The topological polar surface area (TPSA) is 12.9 Å². The van der Waals surface area contributed by atoms with Crippen molar-refractivity contribution in [2.24, 2.45) is 0 Å². The highest BCUT2D eigenvalue weighted by molar-refractivity contribution is 5.83. The molecule has 0 aliphatic heterocycles. The Bertz CT molecular complexity index is 503. The van der Waals surface area contributed by atoms with E-state index in [9.17, 15) is 4.39 Å². The fourth-order valence-electron chi connectivity index (χ4n) is 2.07. The Morgan fingerprint density at radius 2 is 2.07 bits per heavy atom. The zero-order valence-corrected chi connectivity index (χ0v) is 9.21. The highest BCUT2D eigenvalue weighted by Gasteiger charge is 2.12. The van der Waals surface area contributed by atoms with E-state index >= 15 is 0 Å². The van der Waals surface area contributed by atoms with Crippen molar-refractivity contribution < 1.29 is 4.39 Å². The molecule has 0 unspecified atom stereocenters. The van der Waals surface area contributed by atoms with Gasteiger partial charge in [-0.2, -0.15) is 0 Å². The Balaban J connectivity index is 2.90. The van der Waals surface area contributed by atoms with Crippen LogP contribution < -0.4 is 0 Å². The normalized spacial score (nSPS) is 11.3. The first kappa shape index (κ1) is 10.1. The average Bonchev–Trinajstić information content (AvgIpc) is 2.17. The van der Waals surface area contributed by atoms with Crippen LogP contribution in [0.4, 0.5) is 4.39 Å². The van der Waals surface area contributed by atoms with E-state index in [1.165, 1.54) is 0 Å². The summed E-state index contributed by atoms with van der Waals surface area (Å²) in [6.45, 7) is 6.15. The summed E-state index contributed by atoms with van der Waals surface area (Å²) < 4.78 is 13.7. The summed E-state index contributed by atoms with van der Waals surface area (Å²) in [5, 5.41) is 0.617. The largest absolute Gasteiger partial charge is 0.256 e. The molecule has 0 bridgehead atoms. The molecule has 0 atom stereocenters. The maximum absolute atomic E-state index is 13.7. The number of halogens is 1. The fraction of sp³-hybridized carbons (Fsp3) is 0.308. The Morgan fingerprint density at radius 3 is 2.73 bits per heavy atom. The molecule has 0 saturated carbocycles. The SMILES string of the molecule is Cc1cc(F)c2cccnc2c1C(C)C. The third kappa shape index (κ3) is 1.60. The predicted octanol–water partition coefficient (Wildman–Crippen LogP) is 3.81. The summed E-state index contributed by atoms with van der Waals surface area (Å²) in [4.78, 5) is 4.28. The highest BCUT2D eigenvalue weighted by Crippen LogP contribution is 2.28. The van der Waals surface area contributed by atoms with Gasteiger partial charge in [0.1, 0.15) is 5.82 Å². The molecular formula is C13H14FN. The molecule has 0 radical (unpaired) electrons. The van der Waals surface area contributed by atoms with Crippen LogP contribution in [0.25, 0.3) is 10.9 Å². The van der Waals surface area contributed by atoms with Crippen LogP contribution in [-0.4, -0.2) is 4.98 Å². The van der Waals surface area contributed by atoms with Crippen molar-refractivity contribution in [1.29, 1.82) is 0 Å². The maximum atomic E-state index is 13.7. The van der Waals surface area contributed by atoms with Gasteiger partial charge in [-0.15, -0.1) is 0 Å². The molecule has 15 heavy (non-hydrogen) atoms. The molecule has 0 amide bonds. The van der Waals surface area contributed by atoms with E-state index in [0.29, 0.717) is 11.3 Å². The summed E-state index contributed by atoms with van der Waals surface area (Å²) in [5.74, 6) is 0.183. The highest BCUT2D eigenvalue weighted by atomic mass is 19.1. The number of rotatable bonds is 1. The molecule has 0 spiro atoms. The van der Waals surface area contributed by atoms with E-state index in [1.807, 2.05) is 6.92 Å². The van der Waals surface area contributed by atoms with Crippen molar-refractivity contribution in [1.82, 2.24) is 4.98 Å². The Hall–Kier alpha value is -1.44. The number of hydrogen-bond acceptors (Lipinski definition) is 1. The van der Waals surface area contributed by atoms with Gasteiger partial charge in [0.25, 0.3) is 0 Å². The molecule has 2 rings (SSSR count). The van der Waals surface area contributed by atoms with Gasteiger partial charge in [-0.3, -0.25) is 4.98 Å². The molecule has 1 aromatic carbocycles. The molecule has 0 aliphatic rings. The van der Waals surface area contributed by atoms with Crippen molar-refractivity contribution in [3.05, 3.63) is 41.3 Å². The number of aromatic nitrogens is 1. The molecule has 2 heteroatoms. The van der Waals surface area contributed by atoms with E-state index in [2.05, 4.69) is 18.8 Å². The summed E-state index contributed by atoms with van der Waals surface area (Å²) in [7, 11) is 0. The van der Waals surface area contributed by atoms with E-state index in [-0.39, 0.29) is 5.82 Å². The molecule has 1 heterocycles. The lowest BCUT2D eigenvalue weighted by Gasteiger charge is -2.13. The minimum Gasteiger partial charge on any atom is -0.256 e. The molecule has 2 aromatic rings. The van der Waals surface area contributed by atoms with Gasteiger partial charge >= 0.3 is 0 Å². The van der Waals surface area contributed by atoms with Crippen molar-refractivity contribution in [3.63, 3.8) is 0 Å². The van der Waals surface area contributed by atoms with Crippen LogP contribution >= 0.6 is 0 Å².